The maximum absolute atomic E-state index is 13.9. The average molecular weight is 265 g/mol. The molecular formula is C16H24FNO. The molecule has 3 heteroatoms. The van der Waals surface area contributed by atoms with Crippen molar-refractivity contribution in [3.05, 3.63) is 35.6 Å². The highest BCUT2D eigenvalue weighted by molar-refractivity contribution is 5.21. The Kier molecular flexibility index (Phi) is 5.34. The minimum Gasteiger partial charge on any atom is -0.392 e. The Labute approximate surface area is 115 Å². The van der Waals surface area contributed by atoms with E-state index >= 15 is 0 Å². The SMILES string of the molecule is CCC(NC1CCCCCC1O)c1ccccc1F. The first kappa shape index (κ1) is 14.5. The fraction of sp³-hybridized carbons (Fsp3) is 0.625. The second-order valence-corrected chi connectivity index (χ2v) is 5.46. The summed E-state index contributed by atoms with van der Waals surface area (Å²) >= 11 is 0. The molecular weight excluding hydrogens is 241 g/mol. The van der Waals surface area contributed by atoms with Crippen molar-refractivity contribution >= 4 is 0 Å². The van der Waals surface area contributed by atoms with Gasteiger partial charge in [0.15, 0.2) is 0 Å². The zero-order valence-corrected chi connectivity index (χ0v) is 11.6. The first-order valence-electron chi connectivity index (χ1n) is 7.41. The quantitative estimate of drug-likeness (QED) is 0.816. The van der Waals surface area contributed by atoms with E-state index in [-0.39, 0.29) is 24.0 Å². The summed E-state index contributed by atoms with van der Waals surface area (Å²) in [5.41, 5.74) is 0.710. The van der Waals surface area contributed by atoms with Gasteiger partial charge in [0, 0.05) is 17.6 Å². The lowest BCUT2D eigenvalue weighted by Gasteiger charge is -2.28. The second kappa shape index (κ2) is 7.01. The lowest BCUT2D eigenvalue weighted by Crippen LogP contribution is -2.41. The molecule has 0 radical (unpaired) electrons. The maximum atomic E-state index is 13.9. The predicted molar refractivity (Wildman–Crippen MR) is 75.4 cm³/mol. The van der Waals surface area contributed by atoms with Crippen LogP contribution in [-0.2, 0) is 0 Å². The number of benzene rings is 1. The molecule has 0 aliphatic heterocycles. The zero-order valence-electron chi connectivity index (χ0n) is 11.6. The lowest BCUT2D eigenvalue weighted by atomic mass is 9.99. The van der Waals surface area contributed by atoms with Crippen LogP contribution in [0.3, 0.4) is 0 Å². The van der Waals surface area contributed by atoms with Gasteiger partial charge >= 0.3 is 0 Å². The van der Waals surface area contributed by atoms with Gasteiger partial charge in [-0.2, -0.15) is 0 Å². The van der Waals surface area contributed by atoms with E-state index in [9.17, 15) is 9.50 Å². The van der Waals surface area contributed by atoms with Crippen molar-refractivity contribution in [1.82, 2.24) is 5.32 Å². The zero-order chi connectivity index (χ0) is 13.7. The summed E-state index contributed by atoms with van der Waals surface area (Å²) in [6.45, 7) is 2.05. The summed E-state index contributed by atoms with van der Waals surface area (Å²) in [7, 11) is 0. The lowest BCUT2D eigenvalue weighted by molar-refractivity contribution is 0.113. The van der Waals surface area contributed by atoms with E-state index in [1.807, 2.05) is 19.1 Å². The van der Waals surface area contributed by atoms with Gasteiger partial charge in [-0.15, -0.1) is 0 Å². The Morgan fingerprint density at radius 3 is 2.74 bits per heavy atom. The van der Waals surface area contributed by atoms with E-state index in [2.05, 4.69) is 5.32 Å². The Hall–Kier alpha value is -0.930. The van der Waals surface area contributed by atoms with Gasteiger partial charge in [-0.25, -0.2) is 4.39 Å². The molecule has 1 aromatic rings. The highest BCUT2D eigenvalue weighted by Crippen LogP contribution is 2.24. The fourth-order valence-corrected chi connectivity index (χ4v) is 2.93. The number of rotatable bonds is 4. The Bertz CT molecular complexity index is 396. The van der Waals surface area contributed by atoms with Gasteiger partial charge in [0.1, 0.15) is 5.82 Å². The molecule has 0 heterocycles. The van der Waals surface area contributed by atoms with Crippen molar-refractivity contribution < 1.29 is 9.50 Å². The number of hydrogen-bond acceptors (Lipinski definition) is 2. The van der Waals surface area contributed by atoms with Crippen LogP contribution in [0, 0.1) is 5.82 Å². The topological polar surface area (TPSA) is 32.3 Å². The molecule has 1 saturated carbocycles. The van der Waals surface area contributed by atoms with Gasteiger partial charge in [0.25, 0.3) is 0 Å². The van der Waals surface area contributed by atoms with Crippen molar-refractivity contribution in [3.63, 3.8) is 0 Å². The second-order valence-electron chi connectivity index (χ2n) is 5.46. The van der Waals surface area contributed by atoms with Crippen molar-refractivity contribution in [2.45, 2.75) is 63.6 Å². The number of aliphatic hydroxyl groups excluding tert-OH is 1. The Morgan fingerprint density at radius 1 is 1.26 bits per heavy atom. The van der Waals surface area contributed by atoms with Gasteiger partial charge in [0.05, 0.1) is 6.10 Å². The van der Waals surface area contributed by atoms with E-state index < -0.39 is 0 Å². The molecule has 0 amide bonds. The molecule has 106 valence electrons. The normalized spacial score (nSPS) is 25.8. The summed E-state index contributed by atoms with van der Waals surface area (Å²) in [5, 5.41) is 13.6. The van der Waals surface area contributed by atoms with Gasteiger partial charge < -0.3 is 10.4 Å². The monoisotopic (exact) mass is 265 g/mol. The Balaban J connectivity index is 2.08. The number of hydrogen-bond donors (Lipinski definition) is 2. The molecule has 1 aliphatic carbocycles. The van der Waals surface area contributed by atoms with Crippen molar-refractivity contribution in [1.29, 1.82) is 0 Å². The molecule has 0 saturated heterocycles. The summed E-state index contributed by atoms with van der Waals surface area (Å²) in [5.74, 6) is -0.162. The molecule has 3 unspecified atom stereocenters. The fourth-order valence-electron chi connectivity index (χ4n) is 2.93. The van der Waals surface area contributed by atoms with Crippen molar-refractivity contribution in [2.24, 2.45) is 0 Å². The molecule has 0 spiro atoms. The van der Waals surface area contributed by atoms with Crippen LogP contribution in [0.1, 0.15) is 57.1 Å². The molecule has 1 aromatic carbocycles. The van der Waals surface area contributed by atoms with Crippen LogP contribution in [0.15, 0.2) is 24.3 Å². The first-order chi connectivity index (χ1) is 9.22. The number of aliphatic hydroxyl groups is 1. The third kappa shape index (κ3) is 3.77. The summed E-state index contributed by atoms with van der Waals surface area (Å²) in [6.07, 6.45) is 5.77. The minimum absolute atomic E-state index is 0.0149. The van der Waals surface area contributed by atoms with Gasteiger partial charge in [-0.1, -0.05) is 44.4 Å². The van der Waals surface area contributed by atoms with E-state index in [1.54, 1.807) is 6.07 Å². The smallest absolute Gasteiger partial charge is 0.127 e. The van der Waals surface area contributed by atoms with Crippen LogP contribution in [0.25, 0.3) is 0 Å². The van der Waals surface area contributed by atoms with Crippen LogP contribution < -0.4 is 5.32 Å². The predicted octanol–water partition coefficient (Wildman–Crippen LogP) is 3.56. The van der Waals surface area contributed by atoms with Crippen molar-refractivity contribution in [2.75, 3.05) is 0 Å². The molecule has 1 aliphatic rings. The molecule has 0 aromatic heterocycles. The largest absolute Gasteiger partial charge is 0.392 e. The number of halogens is 1. The molecule has 0 bridgehead atoms. The third-order valence-corrected chi connectivity index (χ3v) is 4.08. The van der Waals surface area contributed by atoms with E-state index in [0.717, 1.165) is 32.1 Å². The van der Waals surface area contributed by atoms with E-state index in [4.69, 9.17) is 0 Å². The highest BCUT2D eigenvalue weighted by Gasteiger charge is 2.25. The van der Waals surface area contributed by atoms with Gasteiger partial charge in [-0.05, 0) is 25.3 Å². The van der Waals surface area contributed by atoms with Gasteiger partial charge in [0.2, 0.25) is 0 Å². The number of nitrogens with one attached hydrogen (secondary N) is 1. The molecule has 2 rings (SSSR count). The van der Waals surface area contributed by atoms with Crippen LogP contribution >= 0.6 is 0 Å². The first-order valence-corrected chi connectivity index (χ1v) is 7.41. The van der Waals surface area contributed by atoms with Crippen LogP contribution in [0.2, 0.25) is 0 Å². The molecule has 3 atom stereocenters. The van der Waals surface area contributed by atoms with Crippen LogP contribution in [0.4, 0.5) is 4.39 Å². The van der Waals surface area contributed by atoms with Gasteiger partial charge in [-0.3, -0.25) is 0 Å². The summed E-state index contributed by atoms with van der Waals surface area (Å²) < 4.78 is 13.9. The summed E-state index contributed by atoms with van der Waals surface area (Å²) in [6, 6.07) is 6.99. The standard InChI is InChI=1S/C16H24FNO/c1-2-14(12-8-6-7-9-13(12)17)18-15-10-4-3-5-11-16(15)19/h6-9,14-16,18-19H,2-5,10-11H2,1H3. The third-order valence-electron chi connectivity index (χ3n) is 4.08. The average Bonchev–Trinajstić information content (AvgIpc) is 2.62. The summed E-state index contributed by atoms with van der Waals surface area (Å²) in [4.78, 5) is 0. The van der Waals surface area contributed by atoms with E-state index in [0.29, 0.717) is 5.56 Å². The van der Waals surface area contributed by atoms with Crippen LogP contribution in [0.5, 0.6) is 0 Å². The molecule has 2 nitrogen and oxygen atoms in total. The molecule has 1 fully saturated rings. The molecule has 19 heavy (non-hydrogen) atoms. The Morgan fingerprint density at radius 2 is 2.00 bits per heavy atom. The highest BCUT2D eigenvalue weighted by atomic mass is 19.1. The minimum atomic E-state index is -0.302. The van der Waals surface area contributed by atoms with Crippen LogP contribution in [-0.4, -0.2) is 17.3 Å². The van der Waals surface area contributed by atoms with E-state index in [1.165, 1.54) is 12.5 Å². The molecule has 2 N–H and O–H groups in total. The van der Waals surface area contributed by atoms with Crippen molar-refractivity contribution in [3.8, 4) is 0 Å². The maximum Gasteiger partial charge on any atom is 0.127 e.